The molecule has 1 amide bonds. The smallest absolute Gasteiger partial charge is 0.237 e. The third-order valence-corrected chi connectivity index (χ3v) is 5.92. The van der Waals surface area contributed by atoms with E-state index >= 15 is 0 Å². The molecule has 1 aromatic heterocycles. The maximum absolute atomic E-state index is 12.5. The van der Waals surface area contributed by atoms with E-state index in [9.17, 15) is 4.79 Å². The van der Waals surface area contributed by atoms with Gasteiger partial charge < -0.3 is 14.8 Å². The zero-order valence-corrected chi connectivity index (χ0v) is 16.9. The molecule has 7 heteroatoms. The maximum Gasteiger partial charge on any atom is 0.237 e. The summed E-state index contributed by atoms with van der Waals surface area (Å²) in [4.78, 5) is 17.1. The van der Waals surface area contributed by atoms with Crippen LogP contribution in [0, 0.1) is 0 Å². The molecule has 2 aromatic carbocycles. The number of nitrogens with one attached hydrogen (secondary N) is 1. The number of amides is 1. The summed E-state index contributed by atoms with van der Waals surface area (Å²) in [7, 11) is 3.14. The first kappa shape index (κ1) is 19.3. The minimum atomic E-state index is -0.284. The molecule has 1 heterocycles. The molecule has 27 heavy (non-hydrogen) atoms. The molecule has 0 saturated carbocycles. The number of anilines is 1. The molecular formula is C20H20N2O3S2. The number of rotatable bonds is 7. The van der Waals surface area contributed by atoms with E-state index in [1.165, 1.54) is 11.8 Å². The Morgan fingerprint density at radius 1 is 1.11 bits per heavy atom. The van der Waals surface area contributed by atoms with E-state index in [0.717, 1.165) is 15.6 Å². The summed E-state index contributed by atoms with van der Waals surface area (Å²) in [5.74, 6) is 1.10. The van der Waals surface area contributed by atoms with Crippen LogP contribution in [0.5, 0.6) is 11.5 Å². The Kier molecular flexibility index (Phi) is 6.36. The van der Waals surface area contributed by atoms with Crippen LogP contribution in [0.15, 0.2) is 58.3 Å². The Morgan fingerprint density at radius 2 is 1.85 bits per heavy atom. The van der Waals surface area contributed by atoms with Crippen molar-refractivity contribution in [1.29, 1.82) is 0 Å². The van der Waals surface area contributed by atoms with Crippen LogP contribution in [0.4, 0.5) is 5.69 Å². The van der Waals surface area contributed by atoms with E-state index in [-0.39, 0.29) is 11.2 Å². The highest BCUT2D eigenvalue weighted by atomic mass is 32.2. The van der Waals surface area contributed by atoms with Gasteiger partial charge in [0.2, 0.25) is 5.91 Å². The number of ether oxygens (including phenoxy) is 2. The molecular weight excluding hydrogens is 380 g/mol. The van der Waals surface area contributed by atoms with E-state index in [2.05, 4.69) is 10.3 Å². The van der Waals surface area contributed by atoms with Crippen molar-refractivity contribution in [2.75, 3.05) is 19.5 Å². The van der Waals surface area contributed by atoms with E-state index in [1.807, 2.05) is 42.6 Å². The van der Waals surface area contributed by atoms with Crippen molar-refractivity contribution in [3.05, 3.63) is 53.9 Å². The number of benzene rings is 2. The lowest BCUT2D eigenvalue weighted by Gasteiger charge is -2.13. The molecule has 0 radical (unpaired) electrons. The number of hydrogen-bond donors (Lipinski definition) is 1. The molecule has 0 fully saturated rings. The number of thioether (sulfide) groups is 1. The Morgan fingerprint density at radius 3 is 2.56 bits per heavy atom. The van der Waals surface area contributed by atoms with Gasteiger partial charge in [-0.2, -0.15) is 0 Å². The van der Waals surface area contributed by atoms with Crippen molar-refractivity contribution >= 4 is 34.7 Å². The summed E-state index contributed by atoms with van der Waals surface area (Å²) in [5.41, 5.74) is 2.66. The quantitative estimate of drug-likeness (QED) is 0.569. The third-order valence-electron chi connectivity index (χ3n) is 3.85. The number of methoxy groups -OCH3 is 2. The second-order valence-corrected chi connectivity index (χ2v) is 8.13. The molecule has 0 saturated heterocycles. The van der Waals surface area contributed by atoms with Crippen LogP contribution < -0.4 is 14.8 Å². The van der Waals surface area contributed by atoms with Gasteiger partial charge in [0, 0.05) is 22.7 Å². The summed E-state index contributed by atoms with van der Waals surface area (Å²) in [6, 6.07) is 15.3. The Labute approximate surface area is 166 Å². The van der Waals surface area contributed by atoms with E-state index in [1.54, 1.807) is 43.8 Å². The summed E-state index contributed by atoms with van der Waals surface area (Å²) in [6.07, 6.45) is 0. The van der Waals surface area contributed by atoms with Gasteiger partial charge in [0.05, 0.1) is 25.2 Å². The van der Waals surface area contributed by atoms with Gasteiger partial charge in [0.1, 0.15) is 0 Å². The van der Waals surface area contributed by atoms with Gasteiger partial charge in [-0.1, -0.05) is 42.1 Å². The summed E-state index contributed by atoms with van der Waals surface area (Å²) in [5, 5.41) is 4.63. The number of aromatic nitrogens is 1. The van der Waals surface area contributed by atoms with Gasteiger partial charge in [-0.25, -0.2) is 4.98 Å². The molecule has 0 aliphatic carbocycles. The van der Waals surface area contributed by atoms with Crippen LogP contribution in [0.1, 0.15) is 6.92 Å². The van der Waals surface area contributed by atoms with Gasteiger partial charge in [-0.15, -0.1) is 11.3 Å². The third kappa shape index (κ3) is 4.81. The first-order valence-electron chi connectivity index (χ1n) is 8.31. The SMILES string of the molecule is COc1ccc(NC(=O)C(C)Sc2nc(-c3ccccc3)cs2)cc1OC. The van der Waals surface area contributed by atoms with Crippen LogP contribution in [-0.2, 0) is 4.79 Å². The average Bonchev–Trinajstić information content (AvgIpc) is 3.17. The number of hydrogen-bond acceptors (Lipinski definition) is 6. The largest absolute Gasteiger partial charge is 0.493 e. The fourth-order valence-corrected chi connectivity index (χ4v) is 4.39. The van der Waals surface area contributed by atoms with Crippen LogP contribution in [0.3, 0.4) is 0 Å². The van der Waals surface area contributed by atoms with Crippen molar-refractivity contribution in [1.82, 2.24) is 4.98 Å². The van der Waals surface area contributed by atoms with Crippen LogP contribution in [0.25, 0.3) is 11.3 Å². The lowest BCUT2D eigenvalue weighted by atomic mass is 10.2. The second-order valence-electron chi connectivity index (χ2n) is 5.68. The highest BCUT2D eigenvalue weighted by molar-refractivity contribution is 8.02. The van der Waals surface area contributed by atoms with Gasteiger partial charge in [0.15, 0.2) is 15.8 Å². The number of carbonyl (C=O) groups is 1. The van der Waals surface area contributed by atoms with Crippen molar-refractivity contribution in [3.63, 3.8) is 0 Å². The lowest BCUT2D eigenvalue weighted by Crippen LogP contribution is -2.22. The normalized spacial score (nSPS) is 11.7. The van der Waals surface area contributed by atoms with E-state index < -0.39 is 0 Å². The average molecular weight is 401 g/mol. The van der Waals surface area contributed by atoms with Crippen LogP contribution >= 0.6 is 23.1 Å². The monoisotopic (exact) mass is 400 g/mol. The number of carbonyl (C=O) groups excluding carboxylic acids is 1. The molecule has 1 unspecified atom stereocenters. The predicted molar refractivity (Wildman–Crippen MR) is 111 cm³/mol. The molecule has 0 bridgehead atoms. The molecule has 0 spiro atoms. The van der Waals surface area contributed by atoms with E-state index in [4.69, 9.17) is 9.47 Å². The minimum Gasteiger partial charge on any atom is -0.493 e. The van der Waals surface area contributed by atoms with Crippen molar-refractivity contribution in [2.24, 2.45) is 0 Å². The fourth-order valence-electron chi connectivity index (χ4n) is 2.42. The predicted octanol–water partition coefficient (Wildman–Crippen LogP) is 4.95. The lowest BCUT2D eigenvalue weighted by molar-refractivity contribution is -0.115. The molecule has 1 atom stereocenters. The molecule has 3 aromatic rings. The fraction of sp³-hybridized carbons (Fsp3) is 0.200. The topological polar surface area (TPSA) is 60.5 Å². The zero-order chi connectivity index (χ0) is 19.2. The standard InChI is InChI=1S/C20H20N2O3S2/c1-13(19(23)21-15-9-10-17(24-2)18(11-15)25-3)27-20-22-16(12-26-20)14-7-5-4-6-8-14/h4-13H,1-3H3,(H,21,23). The first-order valence-corrected chi connectivity index (χ1v) is 10.1. The van der Waals surface area contributed by atoms with E-state index in [0.29, 0.717) is 17.2 Å². The molecule has 3 rings (SSSR count). The van der Waals surface area contributed by atoms with Crippen molar-refractivity contribution < 1.29 is 14.3 Å². The molecule has 5 nitrogen and oxygen atoms in total. The van der Waals surface area contributed by atoms with Crippen LogP contribution in [-0.4, -0.2) is 30.4 Å². The molecule has 0 aliphatic heterocycles. The molecule has 140 valence electrons. The number of nitrogens with zero attached hydrogens (tertiary/aromatic N) is 1. The molecule has 1 N–H and O–H groups in total. The van der Waals surface area contributed by atoms with Crippen LogP contribution in [0.2, 0.25) is 0 Å². The zero-order valence-electron chi connectivity index (χ0n) is 15.3. The van der Waals surface area contributed by atoms with Crippen molar-refractivity contribution in [2.45, 2.75) is 16.5 Å². The second kappa shape index (κ2) is 8.92. The Hall–Kier alpha value is -2.51. The number of thiazole rings is 1. The minimum absolute atomic E-state index is 0.0938. The van der Waals surface area contributed by atoms with Gasteiger partial charge >= 0.3 is 0 Å². The van der Waals surface area contributed by atoms with Gasteiger partial charge in [0.25, 0.3) is 0 Å². The highest BCUT2D eigenvalue weighted by Crippen LogP contribution is 2.32. The first-order chi connectivity index (χ1) is 13.1. The maximum atomic E-state index is 12.5. The summed E-state index contributed by atoms with van der Waals surface area (Å²) < 4.78 is 11.3. The molecule has 0 aliphatic rings. The van der Waals surface area contributed by atoms with Crippen molar-refractivity contribution in [3.8, 4) is 22.8 Å². The summed E-state index contributed by atoms with van der Waals surface area (Å²) >= 11 is 2.99. The van der Waals surface area contributed by atoms with Gasteiger partial charge in [-0.05, 0) is 19.1 Å². The Bertz CT molecular complexity index is 913. The highest BCUT2D eigenvalue weighted by Gasteiger charge is 2.17. The van der Waals surface area contributed by atoms with Gasteiger partial charge in [-0.3, -0.25) is 4.79 Å². The Balaban J connectivity index is 1.64. The summed E-state index contributed by atoms with van der Waals surface area (Å²) in [6.45, 7) is 1.87.